The summed E-state index contributed by atoms with van der Waals surface area (Å²) in [6.45, 7) is 9.13. The lowest BCUT2D eigenvalue weighted by Gasteiger charge is -2.20. The van der Waals surface area contributed by atoms with Crippen LogP contribution in [0.4, 0.5) is 11.4 Å². The summed E-state index contributed by atoms with van der Waals surface area (Å²) in [7, 11) is 0. The van der Waals surface area contributed by atoms with Gasteiger partial charge in [0.05, 0.1) is 5.41 Å². The van der Waals surface area contributed by atoms with Gasteiger partial charge in [0, 0.05) is 22.7 Å². The number of halogens is 1. The lowest BCUT2D eigenvalue weighted by atomic mass is 9.95. The number of carbonyl (C=O) groups is 2. The molecule has 0 saturated heterocycles. The Bertz CT molecular complexity index is 516. The topological polar surface area (TPSA) is 58.2 Å². The quantitative estimate of drug-likeness (QED) is 0.829. The van der Waals surface area contributed by atoms with Crippen molar-refractivity contribution in [2.75, 3.05) is 16.5 Å². The van der Waals surface area contributed by atoms with E-state index in [0.717, 1.165) is 0 Å². The molecule has 116 valence electrons. The Morgan fingerprint density at radius 2 is 1.29 bits per heavy atom. The fraction of sp³-hybridized carbons (Fsp3) is 0.500. The van der Waals surface area contributed by atoms with Gasteiger partial charge in [-0.15, -0.1) is 11.6 Å². The summed E-state index contributed by atoms with van der Waals surface area (Å²) in [4.78, 5) is 23.9. The third kappa shape index (κ3) is 5.05. The van der Waals surface area contributed by atoms with Crippen molar-refractivity contribution in [1.82, 2.24) is 0 Å². The molecule has 0 fully saturated rings. The minimum Gasteiger partial charge on any atom is -0.326 e. The maximum absolute atomic E-state index is 12.0. The first kappa shape index (κ1) is 17.5. The second kappa shape index (κ2) is 6.48. The average molecular weight is 311 g/mol. The third-order valence-corrected chi connectivity index (χ3v) is 3.70. The van der Waals surface area contributed by atoms with E-state index in [2.05, 4.69) is 10.6 Å². The van der Waals surface area contributed by atoms with Crippen LogP contribution >= 0.6 is 11.6 Å². The molecule has 0 spiro atoms. The van der Waals surface area contributed by atoms with Crippen molar-refractivity contribution in [3.05, 3.63) is 24.3 Å². The smallest absolute Gasteiger partial charge is 0.231 e. The van der Waals surface area contributed by atoms with Gasteiger partial charge in [-0.25, -0.2) is 0 Å². The number of hydrogen-bond acceptors (Lipinski definition) is 2. The van der Waals surface area contributed by atoms with Crippen LogP contribution in [0.2, 0.25) is 0 Å². The summed E-state index contributed by atoms with van der Waals surface area (Å²) in [5, 5.41) is 5.64. The molecule has 0 aromatic heterocycles. The van der Waals surface area contributed by atoms with Crippen LogP contribution in [0, 0.1) is 10.8 Å². The number of nitrogens with one attached hydrogen (secondary N) is 2. The molecule has 0 aliphatic rings. The van der Waals surface area contributed by atoms with Crippen molar-refractivity contribution in [2.45, 2.75) is 34.6 Å². The molecule has 1 aromatic carbocycles. The Kier molecular flexibility index (Phi) is 5.40. The summed E-state index contributed by atoms with van der Waals surface area (Å²) in [5.74, 6) is 0.0602. The Morgan fingerprint density at radius 3 is 1.62 bits per heavy atom. The van der Waals surface area contributed by atoms with Crippen LogP contribution in [0.1, 0.15) is 34.6 Å². The summed E-state index contributed by atoms with van der Waals surface area (Å²) in [6, 6.07) is 7.01. The fourth-order valence-corrected chi connectivity index (χ4v) is 1.44. The van der Waals surface area contributed by atoms with Crippen LogP contribution < -0.4 is 10.6 Å². The predicted molar refractivity (Wildman–Crippen MR) is 87.7 cm³/mol. The van der Waals surface area contributed by atoms with Gasteiger partial charge in [0.2, 0.25) is 11.8 Å². The molecule has 0 atom stereocenters. The van der Waals surface area contributed by atoms with E-state index in [0.29, 0.717) is 11.4 Å². The van der Waals surface area contributed by atoms with Gasteiger partial charge in [0.1, 0.15) is 0 Å². The van der Waals surface area contributed by atoms with Gasteiger partial charge in [-0.3, -0.25) is 9.59 Å². The van der Waals surface area contributed by atoms with Crippen LogP contribution in [0.5, 0.6) is 0 Å². The van der Waals surface area contributed by atoms with Crippen molar-refractivity contribution in [1.29, 1.82) is 0 Å². The SMILES string of the molecule is CC(C)(C)C(=O)Nc1ccc(NC(=O)C(C)(C)CCl)cc1. The number of carbonyl (C=O) groups excluding carboxylic acids is 2. The molecule has 0 saturated carbocycles. The number of benzene rings is 1. The van der Waals surface area contributed by atoms with E-state index in [1.54, 1.807) is 38.1 Å². The van der Waals surface area contributed by atoms with Crippen LogP contribution in [-0.4, -0.2) is 17.7 Å². The highest BCUT2D eigenvalue weighted by Crippen LogP contribution is 2.22. The number of rotatable bonds is 4. The molecule has 0 unspecified atom stereocenters. The Labute approximate surface area is 131 Å². The van der Waals surface area contributed by atoms with Crippen molar-refractivity contribution >= 4 is 34.8 Å². The molecule has 5 heteroatoms. The molecular weight excluding hydrogens is 288 g/mol. The summed E-state index contributed by atoms with van der Waals surface area (Å²) in [5.41, 5.74) is 0.300. The van der Waals surface area contributed by atoms with Gasteiger partial charge in [-0.2, -0.15) is 0 Å². The van der Waals surface area contributed by atoms with E-state index in [4.69, 9.17) is 11.6 Å². The zero-order chi connectivity index (χ0) is 16.3. The molecule has 2 N–H and O–H groups in total. The van der Waals surface area contributed by atoms with E-state index in [1.165, 1.54) is 0 Å². The van der Waals surface area contributed by atoms with Crippen LogP contribution in [-0.2, 0) is 9.59 Å². The minimum absolute atomic E-state index is 0.0532. The minimum atomic E-state index is -0.624. The van der Waals surface area contributed by atoms with Gasteiger partial charge >= 0.3 is 0 Å². The number of alkyl halides is 1. The average Bonchev–Trinajstić information content (AvgIpc) is 2.39. The summed E-state index contributed by atoms with van der Waals surface area (Å²) >= 11 is 5.77. The van der Waals surface area contributed by atoms with Crippen LogP contribution in [0.25, 0.3) is 0 Å². The van der Waals surface area contributed by atoms with Crippen LogP contribution in [0.3, 0.4) is 0 Å². The van der Waals surface area contributed by atoms with Gasteiger partial charge in [-0.05, 0) is 38.1 Å². The first-order chi connectivity index (χ1) is 9.56. The molecule has 2 amide bonds. The largest absolute Gasteiger partial charge is 0.326 e. The van der Waals surface area contributed by atoms with E-state index >= 15 is 0 Å². The van der Waals surface area contributed by atoms with Gasteiger partial charge in [-0.1, -0.05) is 20.8 Å². The Hall–Kier alpha value is -1.55. The highest BCUT2D eigenvalue weighted by Gasteiger charge is 2.26. The highest BCUT2D eigenvalue weighted by atomic mass is 35.5. The predicted octanol–water partition coefficient (Wildman–Crippen LogP) is 3.87. The maximum atomic E-state index is 12.0. The van der Waals surface area contributed by atoms with Crippen molar-refractivity contribution < 1.29 is 9.59 Å². The van der Waals surface area contributed by atoms with Gasteiger partial charge < -0.3 is 10.6 Å². The lowest BCUT2D eigenvalue weighted by Crippen LogP contribution is -2.32. The Morgan fingerprint density at radius 1 is 0.905 bits per heavy atom. The Balaban J connectivity index is 2.71. The standard InChI is InChI=1S/C16H23ClN2O2/c1-15(2,3)13(20)18-11-6-8-12(9-7-11)19-14(21)16(4,5)10-17/h6-9H,10H2,1-5H3,(H,18,20)(H,19,21). The van der Waals surface area contributed by atoms with E-state index in [1.807, 2.05) is 20.8 Å². The third-order valence-electron chi connectivity index (χ3n) is 3.03. The molecule has 4 nitrogen and oxygen atoms in total. The fourth-order valence-electron chi connectivity index (χ4n) is 1.32. The number of hydrogen-bond donors (Lipinski definition) is 2. The zero-order valence-corrected chi connectivity index (χ0v) is 14.0. The molecule has 0 aliphatic carbocycles. The second-order valence-corrected chi connectivity index (χ2v) is 7.02. The molecule has 21 heavy (non-hydrogen) atoms. The zero-order valence-electron chi connectivity index (χ0n) is 13.2. The molecule has 1 rings (SSSR count). The summed E-state index contributed by atoms with van der Waals surface area (Å²) < 4.78 is 0. The van der Waals surface area contributed by atoms with E-state index in [-0.39, 0.29) is 17.7 Å². The second-order valence-electron chi connectivity index (χ2n) is 6.75. The molecule has 0 heterocycles. The molecule has 0 radical (unpaired) electrons. The molecular formula is C16H23ClN2O2. The normalized spacial score (nSPS) is 11.9. The monoisotopic (exact) mass is 310 g/mol. The first-order valence-electron chi connectivity index (χ1n) is 6.85. The van der Waals surface area contributed by atoms with Crippen molar-refractivity contribution in [3.63, 3.8) is 0 Å². The van der Waals surface area contributed by atoms with Gasteiger partial charge in [0.25, 0.3) is 0 Å². The van der Waals surface area contributed by atoms with Crippen molar-refractivity contribution in [2.24, 2.45) is 10.8 Å². The first-order valence-corrected chi connectivity index (χ1v) is 7.38. The van der Waals surface area contributed by atoms with Crippen LogP contribution in [0.15, 0.2) is 24.3 Å². The number of anilines is 2. The molecule has 0 aliphatic heterocycles. The van der Waals surface area contributed by atoms with Crippen molar-refractivity contribution in [3.8, 4) is 0 Å². The molecule has 0 bridgehead atoms. The van der Waals surface area contributed by atoms with E-state index in [9.17, 15) is 9.59 Å². The molecule has 1 aromatic rings. The van der Waals surface area contributed by atoms with E-state index < -0.39 is 10.8 Å². The highest BCUT2D eigenvalue weighted by molar-refractivity contribution is 6.20. The van der Waals surface area contributed by atoms with Gasteiger partial charge in [0.15, 0.2) is 0 Å². The number of amides is 2. The lowest BCUT2D eigenvalue weighted by molar-refractivity contribution is -0.123. The summed E-state index contributed by atoms with van der Waals surface area (Å²) in [6.07, 6.45) is 0. The maximum Gasteiger partial charge on any atom is 0.231 e.